The van der Waals surface area contributed by atoms with E-state index in [4.69, 9.17) is 4.74 Å². The van der Waals surface area contributed by atoms with Gasteiger partial charge in [0.2, 0.25) is 0 Å². The van der Waals surface area contributed by atoms with Gasteiger partial charge in [0.05, 0.1) is 12.8 Å². The molecule has 0 atom stereocenters. The summed E-state index contributed by atoms with van der Waals surface area (Å²) in [5.41, 5.74) is 2.94. The molecule has 0 aromatic heterocycles. The van der Waals surface area contributed by atoms with Gasteiger partial charge in [-0.25, -0.2) is 5.43 Å². The van der Waals surface area contributed by atoms with Crippen LogP contribution in [-0.2, 0) is 9.59 Å². The first-order chi connectivity index (χ1) is 9.67. The molecular formula is C14H19N3O3. The number of amides is 2. The van der Waals surface area contributed by atoms with E-state index in [9.17, 15) is 9.59 Å². The van der Waals surface area contributed by atoms with E-state index < -0.39 is 11.8 Å². The van der Waals surface area contributed by atoms with Crippen LogP contribution in [0.1, 0.15) is 25.8 Å². The third-order valence-corrected chi connectivity index (χ3v) is 2.29. The molecule has 0 saturated carbocycles. The van der Waals surface area contributed by atoms with Crippen molar-refractivity contribution < 1.29 is 14.3 Å². The van der Waals surface area contributed by atoms with Gasteiger partial charge in [0.25, 0.3) is 0 Å². The quantitative estimate of drug-likeness (QED) is 0.463. The number of carbonyl (C=O) groups is 2. The standard InChI is InChI=1S/C14H19N3O3/c1-3-8-15-13(18)14(19)17-16-10-11-6-5-7-12(9-11)20-4-2/h5-7,9-10H,3-4,8H2,1-2H3,(H,15,18)(H,17,19)/b16-10-. The largest absolute Gasteiger partial charge is 0.494 e. The van der Waals surface area contributed by atoms with Crippen LogP contribution in [-0.4, -0.2) is 31.2 Å². The summed E-state index contributed by atoms with van der Waals surface area (Å²) in [6.07, 6.45) is 2.22. The lowest BCUT2D eigenvalue weighted by atomic mass is 10.2. The Morgan fingerprint density at radius 2 is 2.10 bits per heavy atom. The Bertz CT molecular complexity index is 486. The number of hydrogen-bond acceptors (Lipinski definition) is 4. The Kier molecular flexibility index (Phi) is 6.81. The number of hydrogen-bond donors (Lipinski definition) is 2. The van der Waals surface area contributed by atoms with Crippen LogP contribution in [0.15, 0.2) is 29.4 Å². The highest BCUT2D eigenvalue weighted by Crippen LogP contribution is 2.11. The van der Waals surface area contributed by atoms with Gasteiger partial charge in [-0.05, 0) is 31.0 Å². The first-order valence-electron chi connectivity index (χ1n) is 6.51. The van der Waals surface area contributed by atoms with E-state index in [1.165, 1.54) is 6.21 Å². The van der Waals surface area contributed by atoms with Crippen molar-refractivity contribution in [1.29, 1.82) is 0 Å². The highest BCUT2D eigenvalue weighted by atomic mass is 16.5. The van der Waals surface area contributed by atoms with Gasteiger partial charge >= 0.3 is 11.8 Å². The Morgan fingerprint density at radius 3 is 2.80 bits per heavy atom. The van der Waals surface area contributed by atoms with Crippen LogP contribution in [0.25, 0.3) is 0 Å². The van der Waals surface area contributed by atoms with E-state index >= 15 is 0 Å². The fourth-order valence-electron chi connectivity index (χ4n) is 1.39. The lowest BCUT2D eigenvalue weighted by Crippen LogP contribution is -2.38. The number of rotatable bonds is 6. The molecule has 0 bridgehead atoms. The minimum Gasteiger partial charge on any atom is -0.494 e. The maximum Gasteiger partial charge on any atom is 0.329 e. The van der Waals surface area contributed by atoms with Crippen LogP contribution >= 0.6 is 0 Å². The molecule has 6 nitrogen and oxygen atoms in total. The molecule has 2 N–H and O–H groups in total. The van der Waals surface area contributed by atoms with Crippen molar-refractivity contribution in [3.63, 3.8) is 0 Å². The van der Waals surface area contributed by atoms with Crippen molar-refractivity contribution in [3.05, 3.63) is 29.8 Å². The van der Waals surface area contributed by atoms with Gasteiger partial charge in [0.15, 0.2) is 0 Å². The van der Waals surface area contributed by atoms with Gasteiger partial charge in [-0.15, -0.1) is 0 Å². The summed E-state index contributed by atoms with van der Waals surface area (Å²) in [5.74, 6) is -0.744. The summed E-state index contributed by atoms with van der Waals surface area (Å²) in [6.45, 7) is 4.85. The minimum absolute atomic E-state index is 0.465. The van der Waals surface area contributed by atoms with Crippen LogP contribution < -0.4 is 15.5 Å². The Labute approximate surface area is 118 Å². The number of nitrogens with one attached hydrogen (secondary N) is 2. The normalized spacial score (nSPS) is 10.3. The summed E-state index contributed by atoms with van der Waals surface area (Å²) in [4.78, 5) is 22.6. The van der Waals surface area contributed by atoms with Crippen molar-refractivity contribution in [2.45, 2.75) is 20.3 Å². The summed E-state index contributed by atoms with van der Waals surface area (Å²) in [6, 6.07) is 7.26. The molecule has 1 rings (SSSR count). The van der Waals surface area contributed by atoms with Gasteiger partial charge < -0.3 is 10.1 Å². The van der Waals surface area contributed by atoms with Crippen molar-refractivity contribution in [2.75, 3.05) is 13.2 Å². The van der Waals surface area contributed by atoms with Crippen molar-refractivity contribution in [3.8, 4) is 5.75 Å². The Hall–Kier alpha value is -2.37. The van der Waals surface area contributed by atoms with E-state index in [1.54, 1.807) is 6.07 Å². The summed E-state index contributed by atoms with van der Waals surface area (Å²) >= 11 is 0. The molecule has 0 unspecified atom stereocenters. The average molecular weight is 277 g/mol. The highest BCUT2D eigenvalue weighted by Gasteiger charge is 2.10. The van der Waals surface area contributed by atoms with E-state index in [0.29, 0.717) is 13.2 Å². The van der Waals surface area contributed by atoms with E-state index in [1.807, 2.05) is 32.0 Å². The molecule has 0 aliphatic heterocycles. The fourth-order valence-corrected chi connectivity index (χ4v) is 1.39. The second kappa shape index (κ2) is 8.68. The molecule has 0 heterocycles. The predicted molar refractivity (Wildman–Crippen MR) is 76.6 cm³/mol. The molecule has 1 aromatic carbocycles. The van der Waals surface area contributed by atoms with Gasteiger partial charge in [0.1, 0.15) is 5.75 Å². The van der Waals surface area contributed by atoms with Gasteiger partial charge in [-0.1, -0.05) is 19.1 Å². The summed E-state index contributed by atoms with van der Waals surface area (Å²) in [5, 5.41) is 6.19. The van der Waals surface area contributed by atoms with E-state index in [0.717, 1.165) is 17.7 Å². The van der Waals surface area contributed by atoms with Gasteiger partial charge in [0, 0.05) is 6.54 Å². The second-order valence-electron chi connectivity index (χ2n) is 3.96. The number of carbonyl (C=O) groups excluding carboxylic acids is 2. The highest BCUT2D eigenvalue weighted by molar-refractivity contribution is 6.35. The predicted octanol–water partition coefficient (Wildman–Crippen LogP) is 1.06. The molecular weight excluding hydrogens is 258 g/mol. The zero-order chi connectivity index (χ0) is 14.8. The molecule has 0 radical (unpaired) electrons. The van der Waals surface area contributed by atoms with Crippen LogP contribution in [0, 0.1) is 0 Å². The third kappa shape index (κ3) is 5.51. The van der Waals surface area contributed by atoms with Crippen molar-refractivity contribution in [1.82, 2.24) is 10.7 Å². The zero-order valence-corrected chi connectivity index (χ0v) is 11.7. The molecule has 0 fully saturated rings. The lowest BCUT2D eigenvalue weighted by Gasteiger charge is -2.03. The molecule has 1 aromatic rings. The SMILES string of the molecule is CCCNC(=O)C(=O)N/N=C\c1cccc(OCC)c1. The summed E-state index contributed by atoms with van der Waals surface area (Å²) < 4.78 is 5.34. The zero-order valence-electron chi connectivity index (χ0n) is 11.7. The molecule has 0 aliphatic rings. The van der Waals surface area contributed by atoms with E-state index in [-0.39, 0.29) is 0 Å². The lowest BCUT2D eigenvalue weighted by molar-refractivity contribution is -0.139. The molecule has 108 valence electrons. The van der Waals surface area contributed by atoms with Crippen LogP contribution in [0.3, 0.4) is 0 Å². The van der Waals surface area contributed by atoms with Gasteiger partial charge in [-0.3, -0.25) is 9.59 Å². The topological polar surface area (TPSA) is 79.8 Å². The summed E-state index contributed by atoms with van der Waals surface area (Å²) in [7, 11) is 0. The first-order valence-corrected chi connectivity index (χ1v) is 6.51. The minimum atomic E-state index is -0.782. The fraction of sp³-hybridized carbons (Fsp3) is 0.357. The Morgan fingerprint density at radius 1 is 1.30 bits per heavy atom. The number of nitrogens with zero attached hydrogens (tertiary/aromatic N) is 1. The number of benzene rings is 1. The van der Waals surface area contributed by atoms with E-state index in [2.05, 4.69) is 15.8 Å². The first kappa shape index (κ1) is 15.7. The molecule has 6 heteroatoms. The monoisotopic (exact) mass is 277 g/mol. The van der Waals surface area contributed by atoms with Crippen LogP contribution in [0.2, 0.25) is 0 Å². The van der Waals surface area contributed by atoms with Crippen molar-refractivity contribution >= 4 is 18.0 Å². The smallest absolute Gasteiger partial charge is 0.329 e. The molecule has 0 saturated heterocycles. The van der Waals surface area contributed by atoms with Crippen LogP contribution in [0.4, 0.5) is 0 Å². The molecule has 20 heavy (non-hydrogen) atoms. The maximum absolute atomic E-state index is 11.3. The second-order valence-corrected chi connectivity index (χ2v) is 3.96. The van der Waals surface area contributed by atoms with Crippen LogP contribution in [0.5, 0.6) is 5.75 Å². The third-order valence-electron chi connectivity index (χ3n) is 2.29. The molecule has 0 spiro atoms. The number of hydrazone groups is 1. The molecule has 0 aliphatic carbocycles. The molecule has 2 amide bonds. The Balaban J connectivity index is 2.49. The van der Waals surface area contributed by atoms with Gasteiger partial charge in [-0.2, -0.15) is 5.10 Å². The number of ether oxygens (including phenoxy) is 1. The average Bonchev–Trinajstić information content (AvgIpc) is 2.45. The maximum atomic E-state index is 11.3. The van der Waals surface area contributed by atoms with Crippen molar-refractivity contribution in [2.24, 2.45) is 5.10 Å².